The minimum Gasteiger partial charge on any atom is -0.383 e. The second-order valence-electron chi connectivity index (χ2n) is 5.90. The normalized spacial score (nSPS) is 11.2. The molecule has 1 heterocycles. The van der Waals surface area contributed by atoms with E-state index in [4.69, 9.17) is 4.74 Å². The molecule has 3 rings (SSSR count). The highest BCUT2D eigenvalue weighted by Crippen LogP contribution is 2.23. The van der Waals surface area contributed by atoms with E-state index in [1.165, 1.54) is 27.6 Å². The molecule has 2 aromatic carbocycles. The van der Waals surface area contributed by atoms with Crippen LogP contribution in [0.15, 0.2) is 54.7 Å². The third-order valence-corrected chi connectivity index (χ3v) is 4.27. The molecule has 0 saturated carbocycles. The van der Waals surface area contributed by atoms with E-state index in [2.05, 4.69) is 71.5 Å². The smallest absolute Gasteiger partial charge is 0.0587 e. The highest BCUT2D eigenvalue weighted by molar-refractivity contribution is 5.84. The number of benzene rings is 2. The third-order valence-electron chi connectivity index (χ3n) is 4.27. The van der Waals surface area contributed by atoms with Gasteiger partial charge in [0.15, 0.2) is 0 Å². The number of ether oxygens (including phenoxy) is 1. The first kappa shape index (κ1) is 15.8. The van der Waals surface area contributed by atoms with E-state index >= 15 is 0 Å². The molecule has 0 atom stereocenters. The number of fused-ring (bicyclic) bond motifs is 1. The van der Waals surface area contributed by atoms with E-state index in [0.29, 0.717) is 0 Å². The van der Waals surface area contributed by atoms with Gasteiger partial charge in [-0.3, -0.25) is 0 Å². The van der Waals surface area contributed by atoms with Crippen molar-refractivity contribution >= 4 is 10.9 Å². The van der Waals surface area contributed by atoms with Gasteiger partial charge in [0.1, 0.15) is 0 Å². The largest absolute Gasteiger partial charge is 0.383 e. The lowest BCUT2D eigenvalue weighted by atomic mass is 10.1. The Morgan fingerprint density at radius 3 is 2.61 bits per heavy atom. The van der Waals surface area contributed by atoms with Crippen molar-refractivity contribution in [1.82, 2.24) is 9.88 Å². The molecule has 120 valence electrons. The molecule has 0 unspecified atom stereocenters. The number of methoxy groups -OCH3 is 1. The van der Waals surface area contributed by atoms with Gasteiger partial charge in [0.25, 0.3) is 0 Å². The summed E-state index contributed by atoms with van der Waals surface area (Å²) < 4.78 is 7.45. The predicted octanol–water partition coefficient (Wildman–Crippen LogP) is 3.73. The summed E-state index contributed by atoms with van der Waals surface area (Å²) in [7, 11) is 1.73. The van der Waals surface area contributed by atoms with Gasteiger partial charge in [-0.2, -0.15) is 0 Å². The number of nitrogens with zero attached hydrogens (tertiary/aromatic N) is 1. The molecule has 3 nitrogen and oxygen atoms in total. The maximum atomic E-state index is 5.10. The zero-order chi connectivity index (χ0) is 16.1. The topological polar surface area (TPSA) is 26.2 Å². The van der Waals surface area contributed by atoms with Gasteiger partial charge < -0.3 is 14.6 Å². The summed E-state index contributed by atoms with van der Waals surface area (Å²) in [5.74, 6) is 0. The number of nitrogens with one attached hydrogen (secondary N) is 1. The Morgan fingerprint density at radius 1 is 1.00 bits per heavy atom. The summed E-state index contributed by atoms with van der Waals surface area (Å²) >= 11 is 0. The van der Waals surface area contributed by atoms with Crippen LogP contribution in [0.4, 0.5) is 0 Å². The Balaban J connectivity index is 1.87. The van der Waals surface area contributed by atoms with Crippen molar-refractivity contribution in [1.29, 1.82) is 0 Å². The molecule has 0 spiro atoms. The van der Waals surface area contributed by atoms with Gasteiger partial charge in [-0.05, 0) is 29.7 Å². The van der Waals surface area contributed by atoms with Crippen LogP contribution in [0.5, 0.6) is 0 Å². The van der Waals surface area contributed by atoms with Crippen LogP contribution in [-0.2, 0) is 17.8 Å². The van der Waals surface area contributed by atoms with Crippen LogP contribution in [0.1, 0.15) is 16.7 Å². The van der Waals surface area contributed by atoms with Crippen LogP contribution >= 0.6 is 0 Å². The van der Waals surface area contributed by atoms with Crippen LogP contribution in [0.25, 0.3) is 10.9 Å². The fourth-order valence-corrected chi connectivity index (χ4v) is 2.96. The molecule has 0 aliphatic carbocycles. The minimum atomic E-state index is 0.738. The first-order valence-corrected chi connectivity index (χ1v) is 8.10. The van der Waals surface area contributed by atoms with Crippen molar-refractivity contribution < 1.29 is 4.74 Å². The van der Waals surface area contributed by atoms with Crippen molar-refractivity contribution in [2.45, 2.75) is 20.0 Å². The highest BCUT2D eigenvalue weighted by Gasteiger charge is 2.09. The van der Waals surface area contributed by atoms with Crippen molar-refractivity contribution in [3.05, 3.63) is 71.4 Å². The van der Waals surface area contributed by atoms with Gasteiger partial charge in [0, 0.05) is 43.8 Å². The number of hydrogen-bond acceptors (Lipinski definition) is 2. The van der Waals surface area contributed by atoms with E-state index in [-0.39, 0.29) is 0 Å². The molecule has 1 aromatic heterocycles. The minimum absolute atomic E-state index is 0.738. The average Bonchev–Trinajstić information content (AvgIpc) is 2.92. The average molecular weight is 308 g/mol. The zero-order valence-corrected chi connectivity index (χ0v) is 13.9. The Labute approximate surface area is 137 Å². The Kier molecular flexibility index (Phi) is 5.11. The van der Waals surface area contributed by atoms with Gasteiger partial charge in [-0.15, -0.1) is 0 Å². The first-order chi connectivity index (χ1) is 11.3. The summed E-state index contributed by atoms with van der Waals surface area (Å²) in [6.45, 7) is 5.56. The Morgan fingerprint density at radius 2 is 1.78 bits per heavy atom. The summed E-state index contributed by atoms with van der Waals surface area (Å²) in [5.41, 5.74) is 5.33. The maximum Gasteiger partial charge on any atom is 0.0587 e. The van der Waals surface area contributed by atoms with Crippen molar-refractivity contribution in [3.8, 4) is 0 Å². The third kappa shape index (κ3) is 3.63. The van der Waals surface area contributed by atoms with E-state index < -0.39 is 0 Å². The molecular weight excluding hydrogens is 284 g/mol. The lowest BCUT2D eigenvalue weighted by Crippen LogP contribution is -2.18. The van der Waals surface area contributed by atoms with Crippen LogP contribution in [0, 0.1) is 6.92 Å². The molecule has 0 bridgehead atoms. The van der Waals surface area contributed by atoms with Gasteiger partial charge in [0.2, 0.25) is 0 Å². The monoisotopic (exact) mass is 308 g/mol. The summed E-state index contributed by atoms with van der Waals surface area (Å²) in [5, 5.41) is 4.77. The SMILES string of the molecule is COCCNCc1cn(Cc2ccccc2C)c2ccccc12. The summed E-state index contributed by atoms with van der Waals surface area (Å²) in [4.78, 5) is 0. The van der Waals surface area contributed by atoms with E-state index in [1.54, 1.807) is 7.11 Å². The molecule has 0 amide bonds. The van der Waals surface area contributed by atoms with Crippen LogP contribution < -0.4 is 5.32 Å². The van der Waals surface area contributed by atoms with Crippen LogP contribution in [0.2, 0.25) is 0 Å². The number of aromatic nitrogens is 1. The Hall–Kier alpha value is -2.10. The standard InChI is InChI=1S/C20H24N2O/c1-16-7-3-4-8-17(16)14-22-15-18(13-21-11-12-23-2)19-9-5-6-10-20(19)22/h3-10,15,21H,11-14H2,1-2H3. The van der Waals surface area contributed by atoms with Crippen LogP contribution in [0.3, 0.4) is 0 Å². The second-order valence-corrected chi connectivity index (χ2v) is 5.90. The second kappa shape index (κ2) is 7.44. The number of para-hydroxylation sites is 1. The summed E-state index contributed by atoms with van der Waals surface area (Å²) in [6, 6.07) is 17.2. The molecule has 0 radical (unpaired) electrons. The molecule has 0 aliphatic heterocycles. The zero-order valence-electron chi connectivity index (χ0n) is 13.9. The molecule has 3 aromatic rings. The predicted molar refractivity (Wildman–Crippen MR) is 95.8 cm³/mol. The van der Waals surface area contributed by atoms with E-state index in [9.17, 15) is 0 Å². The highest BCUT2D eigenvalue weighted by atomic mass is 16.5. The number of aryl methyl sites for hydroxylation is 1. The molecule has 0 aliphatic rings. The lowest BCUT2D eigenvalue weighted by molar-refractivity contribution is 0.199. The molecule has 23 heavy (non-hydrogen) atoms. The lowest BCUT2D eigenvalue weighted by Gasteiger charge is -2.08. The van der Waals surface area contributed by atoms with Crippen molar-refractivity contribution in [2.75, 3.05) is 20.3 Å². The molecular formula is C20H24N2O. The van der Waals surface area contributed by atoms with Crippen molar-refractivity contribution in [2.24, 2.45) is 0 Å². The molecule has 0 fully saturated rings. The van der Waals surface area contributed by atoms with E-state index in [1.807, 2.05) is 0 Å². The quantitative estimate of drug-likeness (QED) is 0.673. The fourth-order valence-electron chi connectivity index (χ4n) is 2.96. The van der Waals surface area contributed by atoms with Gasteiger partial charge in [0.05, 0.1) is 6.61 Å². The molecule has 0 saturated heterocycles. The van der Waals surface area contributed by atoms with E-state index in [0.717, 1.165) is 26.2 Å². The van der Waals surface area contributed by atoms with Gasteiger partial charge in [-0.1, -0.05) is 42.5 Å². The van der Waals surface area contributed by atoms with Gasteiger partial charge in [-0.25, -0.2) is 0 Å². The maximum absolute atomic E-state index is 5.10. The van der Waals surface area contributed by atoms with Gasteiger partial charge >= 0.3 is 0 Å². The number of rotatable bonds is 7. The van der Waals surface area contributed by atoms with Crippen molar-refractivity contribution in [3.63, 3.8) is 0 Å². The Bertz CT molecular complexity index is 776. The molecule has 3 heteroatoms. The number of hydrogen-bond donors (Lipinski definition) is 1. The first-order valence-electron chi connectivity index (χ1n) is 8.10. The molecule has 1 N–H and O–H groups in total. The van der Waals surface area contributed by atoms with Crippen LogP contribution in [-0.4, -0.2) is 24.8 Å². The summed E-state index contributed by atoms with van der Waals surface area (Å²) in [6.07, 6.45) is 2.27. The fraction of sp³-hybridized carbons (Fsp3) is 0.300.